The molecule has 3 aliphatic rings. The van der Waals surface area contributed by atoms with Crippen LogP contribution in [-0.4, -0.2) is 35.2 Å². The molecule has 0 fully saturated rings. The van der Waals surface area contributed by atoms with Crippen molar-refractivity contribution in [2.45, 2.75) is 51.7 Å². The lowest BCUT2D eigenvalue weighted by Crippen LogP contribution is -2.40. The van der Waals surface area contributed by atoms with Crippen LogP contribution >= 0.6 is 11.6 Å². The van der Waals surface area contributed by atoms with E-state index in [0.717, 1.165) is 29.8 Å². The van der Waals surface area contributed by atoms with Gasteiger partial charge < -0.3 is 14.8 Å². The Morgan fingerprint density at radius 2 is 1.89 bits per heavy atom. The second-order valence-corrected chi connectivity index (χ2v) is 10.6. The number of fused-ring (bicyclic) bond motifs is 1. The molecule has 2 amide bonds. The zero-order valence-electron chi connectivity index (χ0n) is 21.6. The van der Waals surface area contributed by atoms with Crippen LogP contribution in [0.5, 0.6) is 0 Å². The second-order valence-electron chi connectivity index (χ2n) is 10.2. The van der Waals surface area contributed by atoms with E-state index in [2.05, 4.69) is 5.32 Å². The van der Waals surface area contributed by atoms with Crippen molar-refractivity contribution in [2.75, 3.05) is 11.9 Å². The maximum atomic E-state index is 13.7. The molecule has 0 aromatic heterocycles. The number of allylic oxidation sites excluding steroid dienone is 7. The molecule has 1 unspecified atom stereocenters. The number of rotatable bonds is 5. The quantitative estimate of drug-likeness (QED) is 0.428. The summed E-state index contributed by atoms with van der Waals surface area (Å²) in [6.07, 6.45) is 15.1. The summed E-state index contributed by atoms with van der Waals surface area (Å²) in [6, 6.07) is 3.67. The van der Waals surface area contributed by atoms with Crippen LogP contribution in [0.25, 0.3) is 0 Å². The first-order chi connectivity index (χ1) is 17.8. The molecule has 0 saturated heterocycles. The molecular weight excluding hydrogens is 514 g/mol. The van der Waals surface area contributed by atoms with Crippen LogP contribution < -0.4 is 5.32 Å². The average Bonchev–Trinajstić information content (AvgIpc) is 3.22. The first kappa shape index (κ1) is 27.4. The highest BCUT2D eigenvalue weighted by Gasteiger charge is 2.37. The Balaban J connectivity index is 1.42. The van der Waals surface area contributed by atoms with Gasteiger partial charge in [-0.25, -0.2) is 13.6 Å². The largest absolute Gasteiger partial charge is 0.484 e. The third-order valence-electron chi connectivity index (χ3n) is 5.86. The van der Waals surface area contributed by atoms with Crippen molar-refractivity contribution in [3.8, 4) is 0 Å². The van der Waals surface area contributed by atoms with Gasteiger partial charge in [0.05, 0.1) is 11.7 Å². The molecule has 0 saturated carbocycles. The fourth-order valence-electron chi connectivity index (χ4n) is 4.17. The van der Waals surface area contributed by atoms with E-state index in [1.54, 1.807) is 11.0 Å². The predicted octanol–water partition coefficient (Wildman–Crippen LogP) is 7.18. The van der Waals surface area contributed by atoms with Gasteiger partial charge in [-0.05, 0) is 74.8 Å². The molecule has 1 aromatic carbocycles. The number of carbonyl (C=O) groups excluding carboxylic acids is 2. The smallest absolute Gasteiger partial charge is 0.415 e. The number of nitrogens with zero attached hydrogens (tertiary/aromatic N) is 1. The second kappa shape index (κ2) is 10.6. The van der Waals surface area contributed by atoms with Crippen molar-refractivity contribution in [2.24, 2.45) is 0 Å². The van der Waals surface area contributed by atoms with Gasteiger partial charge in [0.25, 0.3) is 11.8 Å². The third kappa shape index (κ3) is 6.42. The number of anilines is 1. The Hall–Kier alpha value is -3.65. The van der Waals surface area contributed by atoms with Crippen molar-refractivity contribution < 1.29 is 27.8 Å². The van der Waals surface area contributed by atoms with Gasteiger partial charge in [-0.15, -0.1) is 0 Å². The van der Waals surface area contributed by atoms with Crippen molar-refractivity contribution >= 4 is 29.3 Å². The van der Waals surface area contributed by atoms with Gasteiger partial charge in [0, 0.05) is 23.2 Å². The summed E-state index contributed by atoms with van der Waals surface area (Å²) >= 11 is 5.85. The predicted molar refractivity (Wildman–Crippen MR) is 143 cm³/mol. The molecule has 0 radical (unpaired) electrons. The number of alkyl halides is 2. The molecule has 1 aliphatic heterocycles. The number of benzene rings is 1. The summed E-state index contributed by atoms with van der Waals surface area (Å²) in [4.78, 5) is 27.1. The molecular formula is C29H29ClF2N2O4. The monoisotopic (exact) mass is 542 g/mol. The molecule has 38 heavy (non-hydrogen) atoms. The summed E-state index contributed by atoms with van der Waals surface area (Å²) < 4.78 is 38.7. The Morgan fingerprint density at radius 3 is 2.55 bits per heavy atom. The SMILES string of the molecule is CC(C)(C)OC(=O)N1C(=C2C=CC(OCC(=O)Nc3ccc(Cl)c(C(C)(F)F)c3)=CC2)C=C2C=CC=CC21. The van der Waals surface area contributed by atoms with Gasteiger partial charge >= 0.3 is 6.09 Å². The Morgan fingerprint density at radius 1 is 1.13 bits per heavy atom. The molecule has 9 heteroatoms. The Labute approximate surface area is 225 Å². The molecule has 4 rings (SSSR count). The summed E-state index contributed by atoms with van der Waals surface area (Å²) in [5.41, 5.74) is 1.81. The van der Waals surface area contributed by atoms with Crippen LogP contribution in [-0.2, 0) is 20.2 Å². The number of hydrogen-bond acceptors (Lipinski definition) is 4. The first-order valence-corrected chi connectivity index (χ1v) is 12.5. The number of amides is 2. The van der Waals surface area contributed by atoms with Gasteiger partial charge in [0.1, 0.15) is 11.4 Å². The van der Waals surface area contributed by atoms with Crippen LogP contribution in [0, 0.1) is 0 Å². The molecule has 2 aliphatic carbocycles. The topological polar surface area (TPSA) is 67.9 Å². The van der Waals surface area contributed by atoms with E-state index in [-0.39, 0.29) is 28.9 Å². The van der Waals surface area contributed by atoms with Crippen molar-refractivity contribution in [1.82, 2.24) is 4.90 Å². The Bertz CT molecular complexity index is 1330. The van der Waals surface area contributed by atoms with Gasteiger partial charge in [-0.3, -0.25) is 9.69 Å². The molecule has 0 spiro atoms. The van der Waals surface area contributed by atoms with E-state index in [0.29, 0.717) is 12.2 Å². The zero-order chi connectivity index (χ0) is 27.7. The molecule has 1 N–H and O–H groups in total. The fourth-order valence-corrected chi connectivity index (χ4v) is 4.46. The van der Waals surface area contributed by atoms with Crippen LogP contribution in [0.15, 0.2) is 89.4 Å². The van der Waals surface area contributed by atoms with Gasteiger partial charge in [-0.1, -0.05) is 42.0 Å². The number of carbonyl (C=O) groups is 2. The Kier molecular flexibility index (Phi) is 7.65. The van der Waals surface area contributed by atoms with E-state index in [4.69, 9.17) is 21.1 Å². The van der Waals surface area contributed by atoms with Crippen molar-refractivity contribution in [1.29, 1.82) is 0 Å². The van der Waals surface area contributed by atoms with Gasteiger partial charge in [-0.2, -0.15) is 0 Å². The maximum absolute atomic E-state index is 13.7. The first-order valence-electron chi connectivity index (χ1n) is 12.1. The average molecular weight is 543 g/mol. The summed E-state index contributed by atoms with van der Waals surface area (Å²) in [7, 11) is 0. The minimum atomic E-state index is -3.14. The van der Waals surface area contributed by atoms with Gasteiger partial charge in [0.2, 0.25) is 0 Å². The lowest BCUT2D eigenvalue weighted by molar-refractivity contribution is -0.119. The molecule has 200 valence electrons. The van der Waals surface area contributed by atoms with Crippen LogP contribution in [0.4, 0.5) is 19.3 Å². The summed E-state index contributed by atoms with van der Waals surface area (Å²) in [5.74, 6) is -3.17. The van der Waals surface area contributed by atoms with E-state index in [9.17, 15) is 18.4 Å². The van der Waals surface area contributed by atoms with E-state index in [1.165, 1.54) is 12.1 Å². The van der Waals surface area contributed by atoms with Crippen LogP contribution in [0.3, 0.4) is 0 Å². The standard InChI is InChI=1S/C29H29ClF2N2O4/c1-28(2,3)38-27(36)34-24-8-6-5-7-19(24)15-25(34)18-9-12-21(13-10-18)37-17-26(35)33-20-11-14-23(30)22(16-20)29(4,31)32/h5-9,11-16,24H,10,17H2,1-4H3,(H,33,35). The number of nitrogens with one attached hydrogen (secondary N) is 1. The van der Waals surface area contributed by atoms with E-state index >= 15 is 0 Å². The number of halogens is 3. The third-order valence-corrected chi connectivity index (χ3v) is 6.19. The summed E-state index contributed by atoms with van der Waals surface area (Å²) in [5, 5.41) is 2.46. The highest BCUT2D eigenvalue weighted by Crippen LogP contribution is 2.37. The van der Waals surface area contributed by atoms with Gasteiger partial charge in [0.15, 0.2) is 6.61 Å². The normalized spacial score (nSPS) is 20.6. The van der Waals surface area contributed by atoms with E-state index in [1.807, 2.05) is 63.3 Å². The molecule has 0 bridgehead atoms. The lowest BCUT2D eigenvalue weighted by atomic mass is 10.0. The van der Waals surface area contributed by atoms with Crippen LogP contribution in [0.2, 0.25) is 5.02 Å². The van der Waals surface area contributed by atoms with Crippen molar-refractivity contribution in [3.05, 3.63) is 100.0 Å². The minimum Gasteiger partial charge on any atom is -0.484 e. The zero-order valence-corrected chi connectivity index (χ0v) is 22.3. The fraction of sp³-hybridized carbons (Fsp3) is 0.310. The van der Waals surface area contributed by atoms with Crippen molar-refractivity contribution in [3.63, 3.8) is 0 Å². The highest BCUT2D eigenvalue weighted by atomic mass is 35.5. The maximum Gasteiger partial charge on any atom is 0.415 e. The molecule has 1 heterocycles. The van der Waals surface area contributed by atoms with Crippen LogP contribution in [0.1, 0.15) is 39.7 Å². The number of hydrogen-bond donors (Lipinski definition) is 1. The molecule has 6 nitrogen and oxygen atoms in total. The number of ether oxygens (including phenoxy) is 2. The summed E-state index contributed by atoms with van der Waals surface area (Å²) in [6.45, 7) is 5.91. The lowest BCUT2D eigenvalue weighted by Gasteiger charge is -2.30. The highest BCUT2D eigenvalue weighted by molar-refractivity contribution is 6.31. The minimum absolute atomic E-state index is 0.0800. The molecule has 1 aromatic rings. The van der Waals surface area contributed by atoms with E-state index < -0.39 is 23.5 Å². The molecule has 1 atom stereocenters.